The van der Waals surface area contributed by atoms with E-state index in [1.54, 1.807) is 13.8 Å². The normalized spacial score (nSPS) is 12.7. The van der Waals surface area contributed by atoms with Crippen molar-refractivity contribution >= 4 is 24.4 Å². The van der Waals surface area contributed by atoms with E-state index in [1.165, 1.54) is 0 Å². The van der Waals surface area contributed by atoms with E-state index in [0.717, 1.165) is 0 Å². The third kappa shape index (κ3) is 6.04. The monoisotopic (exact) mass is 276 g/mol. The molecule has 0 bridgehead atoms. The van der Waals surface area contributed by atoms with Crippen LogP contribution in [0.1, 0.15) is 20.3 Å². The summed E-state index contributed by atoms with van der Waals surface area (Å²) in [7, 11) is 0. The second-order valence-electron chi connectivity index (χ2n) is 4.59. The Labute approximate surface area is 112 Å². The number of nitrogens with one attached hydrogen (secondary N) is 2. The summed E-state index contributed by atoms with van der Waals surface area (Å²) in [6.45, 7) is 6.29. The van der Waals surface area contributed by atoms with Crippen LogP contribution in [0.2, 0.25) is 0 Å². The lowest BCUT2D eigenvalue weighted by atomic mass is 9.87. The van der Waals surface area contributed by atoms with E-state index in [0.29, 0.717) is 0 Å². The van der Waals surface area contributed by atoms with Crippen LogP contribution in [-0.4, -0.2) is 41.3 Å². The predicted octanol–water partition coefficient (Wildman–Crippen LogP) is -0.611. The largest absolute Gasteiger partial charge is 0.396 e. The average Bonchev–Trinajstić information content (AvgIpc) is 2.26. The van der Waals surface area contributed by atoms with Crippen LogP contribution in [-0.2, 0) is 9.59 Å². The molecule has 0 aromatic rings. The highest BCUT2D eigenvalue weighted by atomic mass is 32.1. The van der Waals surface area contributed by atoms with Crippen molar-refractivity contribution in [3.8, 4) is 0 Å². The molecule has 0 aliphatic rings. The maximum Gasteiger partial charge on any atom is 0.249 e. The molecule has 0 radical (unpaired) electrons. The highest BCUT2D eigenvalue weighted by molar-refractivity contribution is 7.84. The molecule has 0 aromatic heterocycles. The second kappa shape index (κ2) is 7.40. The number of thiol groups is 1. The van der Waals surface area contributed by atoms with Crippen LogP contribution in [0.25, 0.3) is 0 Å². The highest BCUT2D eigenvalue weighted by Gasteiger charge is 2.32. The zero-order valence-electron chi connectivity index (χ0n) is 10.6. The van der Waals surface area contributed by atoms with Gasteiger partial charge in [0.25, 0.3) is 0 Å². The Morgan fingerprint density at radius 1 is 1.44 bits per heavy atom. The molecule has 0 aliphatic carbocycles. The molecule has 6 nitrogen and oxygen atoms in total. The van der Waals surface area contributed by atoms with E-state index in [9.17, 15) is 14.7 Å². The van der Waals surface area contributed by atoms with Crippen molar-refractivity contribution in [1.29, 1.82) is 0 Å². The van der Waals surface area contributed by atoms with Gasteiger partial charge in [0.2, 0.25) is 11.8 Å². The summed E-state index contributed by atoms with van der Waals surface area (Å²) in [6.07, 6.45) is -1.28. The summed E-state index contributed by atoms with van der Waals surface area (Å²) < 4.78 is 0. The van der Waals surface area contributed by atoms with Gasteiger partial charge in [-0.1, -0.05) is 20.4 Å². The first-order valence-electron chi connectivity index (χ1n) is 5.45. The quantitative estimate of drug-likeness (QED) is 0.401. The Hall–Kier alpha value is -1.05. The Bertz CT molecular complexity index is 331. The summed E-state index contributed by atoms with van der Waals surface area (Å²) in [5.41, 5.74) is -0.925. The van der Waals surface area contributed by atoms with Crippen LogP contribution < -0.4 is 10.6 Å². The molecule has 0 saturated heterocycles. The van der Waals surface area contributed by atoms with E-state index in [-0.39, 0.29) is 30.5 Å². The second-order valence-corrected chi connectivity index (χ2v) is 5.12. The van der Waals surface area contributed by atoms with Crippen LogP contribution in [0.15, 0.2) is 11.6 Å². The molecular formula is C11H20N2O4S. The molecule has 0 fully saturated rings. The van der Waals surface area contributed by atoms with Gasteiger partial charge in [-0.25, -0.2) is 0 Å². The van der Waals surface area contributed by atoms with Crippen molar-refractivity contribution < 1.29 is 19.8 Å². The van der Waals surface area contributed by atoms with Gasteiger partial charge in [0.1, 0.15) is 6.10 Å². The van der Waals surface area contributed by atoms with Crippen LogP contribution in [0.3, 0.4) is 0 Å². The van der Waals surface area contributed by atoms with E-state index >= 15 is 0 Å². The fraction of sp³-hybridized carbons (Fsp3) is 0.636. The van der Waals surface area contributed by atoms with Gasteiger partial charge in [0.15, 0.2) is 0 Å². The van der Waals surface area contributed by atoms with Gasteiger partial charge in [-0.05, 0) is 0 Å². The molecule has 0 spiro atoms. The Morgan fingerprint density at radius 3 is 2.44 bits per heavy atom. The fourth-order valence-corrected chi connectivity index (χ4v) is 1.19. The number of amides is 2. The molecule has 0 unspecified atom stereocenters. The van der Waals surface area contributed by atoms with Gasteiger partial charge in [-0.15, -0.1) is 12.6 Å². The van der Waals surface area contributed by atoms with Crippen molar-refractivity contribution in [2.24, 2.45) is 5.41 Å². The molecule has 0 rings (SSSR count). The third-order valence-corrected chi connectivity index (χ3v) is 2.44. The lowest BCUT2D eigenvalue weighted by Crippen LogP contribution is -2.46. The van der Waals surface area contributed by atoms with Crippen LogP contribution in [0.5, 0.6) is 0 Å². The molecule has 7 heteroatoms. The zero-order valence-corrected chi connectivity index (χ0v) is 11.5. The number of hydrogen-bond donors (Lipinski definition) is 5. The lowest BCUT2D eigenvalue weighted by Gasteiger charge is -2.27. The standard InChI is InChI=1S/C11H20N2O4S/c1-7(18)13-8(15)4-5-12-10(17)9(16)11(2,3)6-14/h9,14,16,18H,1,4-6H2,2-3H3,(H,12,17)(H,13,15)/t9-/m0/s1. The van der Waals surface area contributed by atoms with E-state index in [4.69, 9.17) is 5.11 Å². The first-order valence-corrected chi connectivity index (χ1v) is 5.90. The minimum atomic E-state index is -1.33. The molecular weight excluding hydrogens is 256 g/mol. The minimum absolute atomic E-state index is 0.0532. The number of rotatable bonds is 7. The minimum Gasteiger partial charge on any atom is -0.396 e. The lowest BCUT2D eigenvalue weighted by molar-refractivity contribution is -0.137. The number of carbonyl (C=O) groups is 2. The summed E-state index contributed by atoms with van der Waals surface area (Å²) in [6, 6.07) is 0. The average molecular weight is 276 g/mol. The number of hydrogen-bond acceptors (Lipinski definition) is 5. The molecule has 4 N–H and O–H groups in total. The van der Waals surface area contributed by atoms with Crippen molar-refractivity contribution in [1.82, 2.24) is 10.6 Å². The highest BCUT2D eigenvalue weighted by Crippen LogP contribution is 2.19. The number of aliphatic hydroxyl groups excluding tert-OH is 2. The predicted molar refractivity (Wildman–Crippen MR) is 70.8 cm³/mol. The van der Waals surface area contributed by atoms with E-state index in [1.807, 2.05) is 0 Å². The van der Waals surface area contributed by atoms with E-state index in [2.05, 4.69) is 29.8 Å². The van der Waals surface area contributed by atoms with Gasteiger partial charge in [0.05, 0.1) is 11.6 Å². The van der Waals surface area contributed by atoms with Crippen LogP contribution in [0.4, 0.5) is 0 Å². The Morgan fingerprint density at radius 2 is 2.00 bits per heavy atom. The van der Waals surface area contributed by atoms with Crippen molar-refractivity contribution in [3.63, 3.8) is 0 Å². The maximum absolute atomic E-state index is 11.5. The number of carbonyl (C=O) groups excluding carboxylic acids is 2. The smallest absolute Gasteiger partial charge is 0.249 e. The van der Waals surface area contributed by atoms with Crippen molar-refractivity contribution in [2.75, 3.05) is 13.2 Å². The van der Waals surface area contributed by atoms with Gasteiger partial charge in [-0.2, -0.15) is 0 Å². The molecule has 0 heterocycles. The molecule has 1 atom stereocenters. The summed E-state index contributed by atoms with van der Waals surface area (Å²) in [4.78, 5) is 22.7. The Balaban J connectivity index is 4.05. The fourth-order valence-electron chi connectivity index (χ4n) is 1.06. The summed E-state index contributed by atoms with van der Waals surface area (Å²) >= 11 is 3.80. The van der Waals surface area contributed by atoms with Crippen molar-refractivity contribution in [2.45, 2.75) is 26.4 Å². The summed E-state index contributed by atoms with van der Waals surface area (Å²) in [5, 5.41) is 23.7. The van der Waals surface area contributed by atoms with Gasteiger partial charge >= 0.3 is 0 Å². The molecule has 104 valence electrons. The van der Waals surface area contributed by atoms with Crippen LogP contribution >= 0.6 is 12.6 Å². The zero-order chi connectivity index (χ0) is 14.3. The molecule has 0 aromatic carbocycles. The Kier molecular flexibility index (Phi) is 6.97. The molecule has 0 saturated carbocycles. The van der Waals surface area contributed by atoms with Gasteiger partial charge in [-0.3, -0.25) is 9.59 Å². The maximum atomic E-state index is 11.5. The van der Waals surface area contributed by atoms with Crippen molar-refractivity contribution in [3.05, 3.63) is 11.6 Å². The topological polar surface area (TPSA) is 98.7 Å². The third-order valence-electron chi connectivity index (χ3n) is 2.33. The van der Waals surface area contributed by atoms with Gasteiger partial charge < -0.3 is 20.8 Å². The molecule has 2 amide bonds. The number of aliphatic hydroxyl groups is 2. The summed E-state index contributed by atoms with van der Waals surface area (Å²) in [5.74, 6) is -0.947. The first kappa shape index (κ1) is 16.9. The van der Waals surface area contributed by atoms with E-state index < -0.39 is 17.4 Å². The SMILES string of the molecule is C=C(S)NC(=O)CCNC(=O)[C@H](O)C(C)(C)CO. The molecule has 18 heavy (non-hydrogen) atoms. The first-order chi connectivity index (χ1) is 8.20. The molecule has 0 aliphatic heterocycles. The van der Waals surface area contributed by atoms with Crippen LogP contribution in [0, 0.1) is 5.41 Å². The van der Waals surface area contributed by atoms with Gasteiger partial charge in [0, 0.05) is 18.4 Å².